The Morgan fingerprint density at radius 3 is 0.797 bits per heavy atom. The lowest BCUT2D eigenvalue weighted by molar-refractivity contribution is -0.167. The fraction of sp³-hybridized carbons (Fsp3) is 0.712. The van der Waals surface area contributed by atoms with Crippen molar-refractivity contribution in [2.75, 3.05) is 13.2 Å². The molecule has 0 saturated carbocycles. The second-order valence-electron chi connectivity index (χ2n) is 22.0. The molecule has 0 aromatic rings. The minimum Gasteiger partial charge on any atom is -0.462 e. The Hall–Kier alpha value is -3.93. The molecule has 0 rings (SSSR count). The molecule has 0 bridgehead atoms. The largest absolute Gasteiger partial charge is 0.462 e. The average molecular weight is 1100 g/mol. The highest BCUT2D eigenvalue weighted by atomic mass is 16.6. The van der Waals surface area contributed by atoms with E-state index in [0.29, 0.717) is 19.3 Å². The number of unbranched alkanes of at least 4 members (excludes halogenated alkanes) is 31. The molecule has 6 nitrogen and oxygen atoms in total. The molecule has 0 radical (unpaired) electrons. The third-order valence-corrected chi connectivity index (χ3v) is 14.2. The second-order valence-corrected chi connectivity index (χ2v) is 22.0. The lowest BCUT2D eigenvalue weighted by Crippen LogP contribution is -2.30. The molecule has 1 unspecified atom stereocenters. The maximum absolute atomic E-state index is 12.9. The predicted molar refractivity (Wildman–Crippen MR) is 343 cm³/mol. The zero-order valence-corrected chi connectivity index (χ0v) is 51.9. The van der Waals surface area contributed by atoms with Crippen LogP contribution < -0.4 is 0 Å². The van der Waals surface area contributed by atoms with Gasteiger partial charge in [0.05, 0.1) is 0 Å². The highest BCUT2D eigenvalue weighted by Crippen LogP contribution is 2.16. The van der Waals surface area contributed by atoms with Crippen LogP contribution in [0.5, 0.6) is 0 Å². The highest BCUT2D eigenvalue weighted by Gasteiger charge is 2.19. The summed E-state index contributed by atoms with van der Waals surface area (Å²) in [4.78, 5) is 38.3. The van der Waals surface area contributed by atoms with Gasteiger partial charge in [0.25, 0.3) is 0 Å². The number of carbonyl (C=O) groups is 3. The van der Waals surface area contributed by atoms with E-state index in [2.05, 4.69) is 130 Å². The summed E-state index contributed by atoms with van der Waals surface area (Å²) in [5.41, 5.74) is 0. The summed E-state index contributed by atoms with van der Waals surface area (Å²) in [7, 11) is 0. The Balaban J connectivity index is 4.32. The molecule has 0 heterocycles. The van der Waals surface area contributed by atoms with Crippen molar-refractivity contribution in [1.82, 2.24) is 0 Å². The Morgan fingerprint density at radius 1 is 0.266 bits per heavy atom. The maximum atomic E-state index is 12.9. The number of carbonyl (C=O) groups excluding carboxylic acids is 3. The molecule has 0 aliphatic rings. The number of ether oxygens (including phenoxy) is 3. The van der Waals surface area contributed by atoms with Crippen LogP contribution in [-0.4, -0.2) is 37.2 Å². The average Bonchev–Trinajstić information content (AvgIpc) is 3.45. The quantitative estimate of drug-likeness (QED) is 0.0261. The van der Waals surface area contributed by atoms with Gasteiger partial charge in [0.1, 0.15) is 13.2 Å². The van der Waals surface area contributed by atoms with E-state index in [1.165, 1.54) is 141 Å². The number of esters is 3. The third kappa shape index (κ3) is 64.8. The SMILES string of the molecule is CC/C=C\C/C=C\C/C=C\C/C=C\C/C=C\CCCCCCCC(=O)OC(COC(=O)CCCCC/C=C\C/C=C\C/C=C\CC)COC(=O)CCCCCCCCCCCCCCCCC/C=C\CCCCCCCCCC. The van der Waals surface area contributed by atoms with E-state index in [1.807, 2.05) is 0 Å². The molecular formula is C73H124O6. The highest BCUT2D eigenvalue weighted by molar-refractivity contribution is 5.71. The van der Waals surface area contributed by atoms with E-state index in [4.69, 9.17) is 14.2 Å². The van der Waals surface area contributed by atoms with Crippen LogP contribution >= 0.6 is 0 Å². The van der Waals surface area contributed by atoms with Crippen molar-refractivity contribution in [3.8, 4) is 0 Å². The van der Waals surface area contributed by atoms with Gasteiger partial charge in [-0.25, -0.2) is 0 Å². The van der Waals surface area contributed by atoms with Gasteiger partial charge in [0.15, 0.2) is 6.10 Å². The molecule has 1 atom stereocenters. The van der Waals surface area contributed by atoms with Crippen LogP contribution in [0.4, 0.5) is 0 Å². The summed E-state index contributed by atoms with van der Waals surface area (Å²) in [6.07, 6.45) is 91.1. The van der Waals surface area contributed by atoms with Crippen LogP contribution in [0.15, 0.2) is 109 Å². The molecule has 0 spiro atoms. The minimum absolute atomic E-state index is 0.0953. The lowest BCUT2D eigenvalue weighted by Gasteiger charge is -2.18. The first-order chi connectivity index (χ1) is 39.0. The van der Waals surface area contributed by atoms with E-state index in [1.54, 1.807) is 0 Å². The van der Waals surface area contributed by atoms with E-state index >= 15 is 0 Å². The molecule has 0 aromatic carbocycles. The van der Waals surface area contributed by atoms with E-state index < -0.39 is 6.10 Å². The van der Waals surface area contributed by atoms with E-state index in [0.717, 1.165) is 135 Å². The summed E-state index contributed by atoms with van der Waals surface area (Å²) < 4.78 is 16.9. The Morgan fingerprint density at radius 2 is 0.494 bits per heavy atom. The molecule has 79 heavy (non-hydrogen) atoms. The third-order valence-electron chi connectivity index (χ3n) is 14.2. The summed E-state index contributed by atoms with van der Waals surface area (Å²) in [6.45, 7) is 6.40. The van der Waals surface area contributed by atoms with Crippen molar-refractivity contribution in [3.05, 3.63) is 109 Å². The standard InChI is InChI=1S/C73H124O6/c1-4-7-10-13-16-19-22-25-27-29-31-33-34-35-36-37-38-40-41-43-45-48-51-54-57-60-63-66-72(75)78-69-70(68-77-71(74)65-62-59-56-53-50-47-24-21-18-15-12-9-6-3)79-73(76)67-64-61-58-55-52-49-46-44-42-39-32-30-28-26-23-20-17-14-11-8-5-2/h8-9,11-12,17-18,20-21,26,28-29,31-32,39,44,46-47,50,70H,4-7,10,13-16,19,22-25,27,30,33-38,40-43,45,48-49,51-69H2,1-3H3/b11-8-,12-9-,20-17-,21-18-,28-26-,31-29-,39-32-,46-44-,50-47-. The normalized spacial score (nSPS) is 12.8. The molecule has 0 aliphatic carbocycles. The topological polar surface area (TPSA) is 78.9 Å². The van der Waals surface area contributed by atoms with E-state index in [-0.39, 0.29) is 31.1 Å². The molecular weight excluding hydrogens is 973 g/mol. The summed E-state index contributed by atoms with van der Waals surface area (Å²) in [5.74, 6) is -0.937. The second kappa shape index (κ2) is 66.6. The van der Waals surface area contributed by atoms with Crippen molar-refractivity contribution >= 4 is 17.9 Å². The van der Waals surface area contributed by atoms with Gasteiger partial charge in [-0.2, -0.15) is 0 Å². The fourth-order valence-electron chi connectivity index (χ4n) is 9.30. The Labute approximate surface area is 489 Å². The zero-order valence-electron chi connectivity index (χ0n) is 51.9. The minimum atomic E-state index is -0.803. The van der Waals surface area contributed by atoms with Crippen LogP contribution in [-0.2, 0) is 28.6 Å². The number of hydrogen-bond donors (Lipinski definition) is 0. The van der Waals surface area contributed by atoms with Crippen molar-refractivity contribution in [1.29, 1.82) is 0 Å². The van der Waals surface area contributed by atoms with Crippen LogP contribution in [0.25, 0.3) is 0 Å². The van der Waals surface area contributed by atoms with Gasteiger partial charge in [0.2, 0.25) is 0 Å². The van der Waals surface area contributed by atoms with Crippen molar-refractivity contribution in [3.63, 3.8) is 0 Å². The van der Waals surface area contributed by atoms with Crippen LogP contribution in [0.2, 0.25) is 0 Å². The maximum Gasteiger partial charge on any atom is 0.306 e. The predicted octanol–water partition coefficient (Wildman–Crippen LogP) is 23.0. The molecule has 0 N–H and O–H groups in total. The molecule has 0 amide bonds. The zero-order chi connectivity index (χ0) is 57.1. The number of allylic oxidation sites excluding steroid dienone is 18. The number of hydrogen-bond acceptors (Lipinski definition) is 6. The van der Waals surface area contributed by atoms with Crippen LogP contribution in [0, 0.1) is 0 Å². The summed E-state index contributed by atoms with van der Waals surface area (Å²) >= 11 is 0. The molecule has 0 fully saturated rings. The van der Waals surface area contributed by atoms with Crippen LogP contribution in [0.3, 0.4) is 0 Å². The van der Waals surface area contributed by atoms with Crippen molar-refractivity contribution < 1.29 is 28.6 Å². The summed E-state index contributed by atoms with van der Waals surface area (Å²) in [6, 6.07) is 0. The van der Waals surface area contributed by atoms with Gasteiger partial charge < -0.3 is 14.2 Å². The van der Waals surface area contributed by atoms with Gasteiger partial charge in [-0.1, -0.05) is 284 Å². The lowest BCUT2D eigenvalue weighted by atomic mass is 10.0. The first-order valence-electron chi connectivity index (χ1n) is 33.4. The van der Waals surface area contributed by atoms with Crippen molar-refractivity contribution in [2.24, 2.45) is 0 Å². The molecule has 0 aromatic heterocycles. The Kier molecular flexibility index (Phi) is 63.3. The van der Waals surface area contributed by atoms with Crippen molar-refractivity contribution in [2.45, 2.75) is 322 Å². The van der Waals surface area contributed by atoms with Gasteiger partial charge in [-0.05, 0) is 122 Å². The van der Waals surface area contributed by atoms with Gasteiger partial charge >= 0.3 is 17.9 Å². The molecule has 452 valence electrons. The van der Waals surface area contributed by atoms with Gasteiger partial charge in [-0.15, -0.1) is 0 Å². The molecule has 6 heteroatoms. The molecule has 0 saturated heterocycles. The fourth-order valence-corrected chi connectivity index (χ4v) is 9.30. The van der Waals surface area contributed by atoms with E-state index in [9.17, 15) is 14.4 Å². The smallest absolute Gasteiger partial charge is 0.306 e. The van der Waals surface area contributed by atoms with Gasteiger partial charge in [0, 0.05) is 19.3 Å². The first kappa shape index (κ1) is 75.1. The molecule has 0 aliphatic heterocycles. The number of rotatable bonds is 60. The Bertz CT molecular complexity index is 1590. The monoisotopic (exact) mass is 1100 g/mol. The summed E-state index contributed by atoms with van der Waals surface area (Å²) in [5, 5.41) is 0. The van der Waals surface area contributed by atoms with Gasteiger partial charge in [-0.3, -0.25) is 14.4 Å². The first-order valence-corrected chi connectivity index (χ1v) is 33.4. The van der Waals surface area contributed by atoms with Crippen LogP contribution in [0.1, 0.15) is 316 Å².